The summed E-state index contributed by atoms with van der Waals surface area (Å²) in [5.41, 5.74) is -0.532. The summed E-state index contributed by atoms with van der Waals surface area (Å²) in [6, 6.07) is 13.6. The van der Waals surface area contributed by atoms with Crippen molar-refractivity contribution in [3.05, 3.63) is 48.0 Å². The van der Waals surface area contributed by atoms with Crippen molar-refractivity contribution in [2.75, 3.05) is 0 Å². The lowest BCUT2D eigenvalue weighted by atomic mass is 9.85. The van der Waals surface area contributed by atoms with E-state index in [1.165, 1.54) is 6.92 Å². The Labute approximate surface area is 121 Å². The van der Waals surface area contributed by atoms with Gasteiger partial charge in [0.15, 0.2) is 0 Å². The molecule has 4 heteroatoms. The second-order valence-corrected chi connectivity index (χ2v) is 5.42. The van der Waals surface area contributed by atoms with Gasteiger partial charge in [-0.1, -0.05) is 42.5 Å². The Morgan fingerprint density at radius 2 is 1.58 bits per heavy atom. The highest BCUT2D eigenvalue weighted by atomic mass is 35.5. The number of benzene rings is 2. The van der Waals surface area contributed by atoms with Gasteiger partial charge in [-0.2, -0.15) is 0 Å². The minimum absolute atomic E-state index is 0.197. The molecule has 0 amide bonds. The van der Waals surface area contributed by atoms with E-state index in [1.54, 1.807) is 0 Å². The summed E-state index contributed by atoms with van der Waals surface area (Å²) in [6.45, 7) is 1.47. The third-order valence-corrected chi connectivity index (χ3v) is 4.07. The number of hydrogen-bond donors (Lipinski definition) is 0. The molecule has 0 fully saturated rings. The lowest BCUT2D eigenvalue weighted by Crippen LogP contribution is -2.33. The molecule has 2 aromatic rings. The summed E-state index contributed by atoms with van der Waals surface area (Å²) in [5.74, 6) is 0. The van der Waals surface area contributed by atoms with Crippen molar-refractivity contribution in [2.24, 2.45) is 5.41 Å². The van der Waals surface area contributed by atoms with Crippen molar-refractivity contribution < 1.29 is 9.59 Å². The van der Waals surface area contributed by atoms with Crippen LogP contribution in [0.25, 0.3) is 10.8 Å². The summed E-state index contributed by atoms with van der Waals surface area (Å²) in [5, 5.41) is 0.676. The van der Waals surface area contributed by atoms with E-state index in [2.05, 4.69) is 0 Å². The third kappa shape index (κ3) is 2.80. The zero-order valence-corrected chi connectivity index (χ0v) is 11.8. The highest BCUT2D eigenvalue weighted by molar-refractivity contribution is 6.74. The maximum absolute atomic E-state index is 11.4. The van der Waals surface area contributed by atoms with Gasteiger partial charge < -0.3 is 0 Å². The molecular formula is C15H12Cl2O2. The summed E-state index contributed by atoms with van der Waals surface area (Å²) < 4.78 is 0. The monoisotopic (exact) mass is 294 g/mol. The van der Waals surface area contributed by atoms with Gasteiger partial charge in [0.2, 0.25) is 10.5 Å². The van der Waals surface area contributed by atoms with Gasteiger partial charge in [-0.25, -0.2) is 0 Å². The molecule has 2 nitrogen and oxygen atoms in total. The molecule has 0 saturated carbocycles. The normalized spacial score (nSPS) is 11.5. The zero-order valence-electron chi connectivity index (χ0n) is 10.3. The topological polar surface area (TPSA) is 34.1 Å². The van der Waals surface area contributed by atoms with E-state index in [0.717, 1.165) is 16.3 Å². The fraction of sp³-hybridized carbons (Fsp3) is 0.200. The summed E-state index contributed by atoms with van der Waals surface area (Å²) in [7, 11) is 0. The van der Waals surface area contributed by atoms with Gasteiger partial charge in [0.05, 0.1) is 0 Å². The molecular weight excluding hydrogens is 283 g/mol. The summed E-state index contributed by atoms with van der Waals surface area (Å²) in [4.78, 5) is 22.9. The smallest absolute Gasteiger partial charge is 0.236 e. The molecule has 2 rings (SSSR count). The predicted molar refractivity (Wildman–Crippen MR) is 77.5 cm³/mol. The van der Waals surface area contributed by atoms with Crippen molar-refractivity contribution in [3.8, 4) is 0 Å². The summed E-state index contributed by atoms with van der Waals surface area (Å²) in [6.07, 6.45) is 0.197. The van der Waals surface area contributed by atoms with E-state index < -0.39 is 15.9 Å². The quantitative estimate of drug-likeness (QED) is 0.633. The molecule has 2 aromatic carbocycles. The van der Waals surface area contributed by atoms with E-state index in [9.17, 15) is 9.59 Å². The molecule has 0 aliphatic carbocycles. The van der Waals surface area contributed by atoms with Gasteiger partial charge >= 0.3 is 0 Å². The molecule has 0 aromatic heterocycles. The van der Waals surface area contributed by atoms with Crippen LogP contribution in [-0.2, 0) is 16.0 Å². The van der Waals surface area contributed by atoms with Crippen molar-refractivity contribution in [1.29, 1.82) is 0 Å². The first-order valence-electron chi connectivity index (χ1n) is 5.81. The fourth-order valence-corrected chi connectivity index (χ4v) is 2.33. The molecule has 0 saturated heterocycles. The van der Waals surface area contributed by atoms with Crippen LogP contribution in [0.15, 0.2) is 42.5 Å². The molecule has 0 atom stereocenters. The SMILES string of the molecule is CC(Cc1ccc2ccccc2c1)(C(=O)Cl)C(=O)Cl. The van der Waals surface area contributed by atoms with Crippen molar-refractivity contribution in [3.63, 3.8) is 0 Å². The Bertz CT molecular complexity index is 635. The van der Waals surface area contributed by atoms with Gasteiger partial charge in [-0.15, -0.1) is 0 Å². The maximum atomic E-state index is 11.4. The van der Waals surface area contributed by atoms with E-state index in [-0.39, 0.29) is 6.42 Å². The van der Waals surface area contributed by atoms with Crippen LogP contribution in [0.5, 0.6) is 0 Å². The van der Waals surface area contributed by atoms with Gasteiger partial charge in [-0.05, 0) is 52.9 Å². The second kappa shape index (κ2) is 5.32. The van der Waals surface area contributed by atoms with Gasteiger partial charge in [0.25, 0.3) is 0 Å². The molecule has 0 bridgehead atoms. The molecule has 0 heterocycles. The molecule has 0 unspecified atom stereocenters. The van der Waals surface area contributed by atoms with Crippen LogP contribution < -0.4 is 0 Å². The average molecular weight is 295 g/mol. The molecule has 0 aliphatic heterocycles. The van der Waals surface area contributed by atoms with E-state index >= 15 is 0 Å². The number of carbonyl (C=O) groups is 2. The highest BCUT2D eigenvalue weighted by Gasteiger charge is 2.39. The Hall–Kier alpha value is -1.38. The molecule has 0 N–H and O–H groups in total. The zero-order chi connectivity index (χ0) is 14.0. The Morgan fingerprint density at radius 1 is 1.00 bits per heavy atom. The van der Waals surface area contributed by atoms with Crippen molar-refractivity contribution >= 4 is 44.5 Å². The van der Waals surface area contributed by atoms with Gasteiger partial charge in [-0.3, -0.25) is 9.59 Å². The maximum Gasteiger partial charge on any atom is 0.236 e. The van der Waals surface area contributed by atoms with Gasteiger partial charge in [0, 0.05) is 0 Å². The molecule has 0 radical (unpaired) electrons. The predicted octanol–water partition coefficient (Wildman–Crippen LogP) is 3.92. The van der Waals surface area contributed by atoms with Crippen LogP contribution in [0.1, 0.15) is 12.5 Å². The van der Waals surface area contributed by atoms with Crippen LogP contribution in [-0.4, -0.2) is 10.5 Å². The first-order valence-corrected chi connectivity index (χ1v) is 6.56. The van der Waals surface area contributed by atoms with E-state index in [4.69, 9.17) is 23.2 Å². The largest absolute Gasteiger partial charge is 0.280 e. The molecule has 0 spiro atoms. The standard InChI is InChI=1S/C15H12Cl2O2/c1-15(13(16)18,14(17)19)9-10-6-7-11-4-2-3-5-12(11)8-10/h2-8H,9H2,1H3. The number of hydrogen-bond acceptors (Lipinski definition) is 2. The van der Waals surface area contributed by atoms with Crippen LogP contribution in [0, 0.1) is 5.41 Å². The minimum atomic E-state index is -1.38. The minimum Gasteiger partial charge on any atom is -0.280 e. The number of rotatable bonds is 4. The van der Waals surface area contributed by atoms with Crippen molar-refractivity contribution in [2.45, 2.75) is 13.3 Å². The molecule has 0 aliphatic rings. The fourth-order valence-electron chi connectivity index (χ4n) is 1.97. The Kier molecular flexibility index (Phi) is 3.93. The Balaban J connectivity index is 2.40. The molecule has 98 valence electrons. The van der Waals surface area contributed by atoms with Crippen LogP contribution in [0.3, 0.4) is 0 Å². The van der Waals surface area contributed by atoms with Crippen LogP contribution >= 0.6 is 23.2 Å². The first-order chi connectivity index (χ1) is 8.93. The van der Waals surface area contributed by atoms with Crippen LogP contribution in [0.2, 0.25) is 0 Å². The van der Waals surface area contributed by atoms with Gasteiger partial charge in [0.1, 0.15) is 5.41 Å². The third-order valence-electron chi connectivity index (χ3n) is 3.24. The first kappa shape index (κ1) is 14.0. The number of carbonyl (C=O) groups excluding carboxylic acids is 2. The van der Waals surface area contributed by atoms with E-state index in [1.807, 2.05) is 42.5 Å². The lowest BCUT2D eigenvalue weighted by Gasteiger charge is -2.20. The molecule has 19 heavy (non-hydrogen) atoms. The van der Waals surface area contributed by atoms with Crippen LogP contribution in [0.4, 0.5) is 0 Å². The van der Waals surface area contributed by atoms with Crippen molar-refractivity contribution in [1.82, 2.24) is 0 Å². The number of fused-ring (bicyclic) bond motifs is 1. The second-order valence-electron chi connectivity index (χ2n) is 4.74. The highest BCUT2D eigenvalue weighted by Crippen LogP contribution is 2.29. The summed E-state index contributed by atoms with van der Waals surface area (Å²) >= 11 is 11.0. The average Bonchev–Trinajstić information content (AvgIpc) is 2.38. The van der Waals surface area contributed by atoms with E-state index in [0.29, 0.717) is 0 Å². The number of halogens is 2. The Morgan fingerprint density at radius 3 is 2.16 bits per heavy atom. The lowest BCUT2D eigenvalue weighted by molar-refractivity contribution is -0.130.